The molecule has 3 heteroatoms. The van der Waals surface area contributed by atoms with E-state index in [1.165, 1.54) is 24.8 Å². The summed E-state index contributed by atoms with van der Waals surface area (Å²) < 4.78 is 1.87. The van der Waals surface area contributed by atoms with Crippen molar-refractivity contribution in [2.24, 2.45) is 24.6 Å². The van der Waals surface area contributed by atoms with Crippen molar-refractivity contribution in [3.63, 3.8) is 0 Å². The maximum absolute atomic E-state index is 6.17. The van der Waals surface area contributed by atoms with E-state index < -0.39 is 0 Å². The maximum atomic E-state index is 6.17. The molecule has 3 unspecified atom stereocenters. The molecule has 84 valence electrons. The van der Waals surface area contributed by atoms with Gasteiger partial charge in [-0.2, -0.15) is 5.10 Å². The van der Waals surface area contributed by atoms with Gasteiger partial charge in [0.1, 0.15) is 0 Å². The number of aromatic nitrogens is 2. The molecule has 2 rings (SSSR count). The SMILES string of the molecule is CC1CCC(N)C(Cc2cnn(C)c2)C1. The minimum absolute atomic E-state index is 0.390. The molecule has 1 heterocycles. The Bertz CT molecular complexity index is 318. The molecule has 2 N–H and O–H groups in total. The summed E-state index contributed by atoms with van der Waals surface area (Å²) in [5, 5.41) is 4.20. The van der Waals surface area contributed by atoms with Gasteiger partial charge in [0.25, 0.3) is 0 Å². The fraction of sp³-hybridized carbons (Fsp3) is 0.750. The minimum atomic E-state index is 0.390. The normalized spacial score (nSPS) is 31.8. The van der Waals surface area contributed by atoms with Crippen LogP contribution in [0.3, 0.4) is 0 Å². The molecule has 0 bridgehead atoms. The van der Waals surface area contributed by atoms with Crippen LogP contribution in [0.2, 0.25) is 0 Å². The molecule has 3 nitrogen and oxygen atoms in total. The van der Waals surface area contributed by atoms with Crippen molar-refractivity contribution >= 4 is 0 Å². The molecule has 0 amide bonds. The summed E-state index contributed by atoms with van der Waals surface area (Å²) in [6.07, 6.45) is 8.92. The summed E-state index contributed by atoms with van der Waals surface area (Å²) in [5.74, 6) is 1.49. The van der Waals surface area contributed by atoms with Crippen LogP contribution in [0.5, 0.6) is 0 Å². The van der Waals surface area contributed by atoms with Crippen LogP contribution < -0.4 is 5.73 Å². The highest BCUT2D eigenvalue weighted by Gasteiger charge is 2.26. The predicted molar refractivity (Wildman–Crippen MR) is 61.4 cm³/mol. The molecule has 0 aromatic carbocycles. The number of nitrogens with zero attached hydrogens (tertiary/aromatic N) is 2. The van der Waals surface area contributed by atoms with E-state index >= 15 is 0 Å². The highest BCUT2D eigenvalue weighted by molar-refractivity contribution is 5.06. The Labute approximate surface area is 91.7 Å². The zero-order valence-corrected chi connectivity index (χ0v) is 9.69. The van der Waals surface area contributed by atoms with Crippen molar-refractivity contribution < 1.29 is 0 Å². The van der Waals surface area contributed by atoms with E-state index in [-0.39, 0.29) is 0 Å². The van der Waals surface area contributed by atoms with Crippen LogP contribution in [0, 0.1) is 11.8 Å². The van der Waals surface area contributed by atoms with Crippen LogP contribution in [-0.2, 0) is 13.5 Å². The molecule has 15 heavy (non-hydrogen) atoms. The van der Waals surface area contributed by atoms with Gasteiger partial charge < -0.3 is 5.73 Å². The fourth-order valence-corrected chi connectivity index (χ4v) is 2.64. The van der Waals surface area contributed by atoms with E-state index in [2.05, 4.69) is 18.2 Å². The molecule has 3 atom stereocenters. The van der Waals surface area contributed by atoms with Crippen LogP contribution in [0.4, 0.5) is 0 Å². The van der Waals surface area contributed by atoms with Crippen LogP contribution in [-0.4, -0.2) is 15.8 Å². The molecule has 1 aromatic rings. The number of aryl methyl sites for hydroxylation is 1. The largest absolute Gasteiger partial charge is 0.327 e. The van der Waals surface area contributed by atoms with Crippen molar-refractivity contribution in [3.8, 4) is 0 Å². The van der Waals surface area contributed by atoms with Crippen molar-refractivity contribution in [3.05, 3.63) is 18.0 Å². The summed E-state index contributed by atoms with van der Waals surface area (Å²) in [6, 6.07) is 0.390. The lowest BCUT2D eigenvalue weighted by atomic mass is 9.77. The van der Waals surface area contributed by atoms with Gasteiger partial charge in [0, 0.05) is 19.3 Å². The third kappa shape index (κ3) is 2.59. The summed E-state index contributed by atoms with van der Waals surface area (Å²) >= 11 is 0. The molecule has 0 spiro atoms. The quantitative estimate of drug-likeness (QED) is 0.802. The molecule has 1 aliphatic carbocycles. The second-order valence-electron chi connectivity index (χ2n) is 5.07. The lowest BCUT2D eigenvalue weighted by Crippen LogP contribution is -2.36. The molecule has 1 saturated carbocycles. The first-order valence-electron chi connectivity index (χ1n) is 5.88. The van der Waals surface area contributed by atoms with E-state index in [1.54, 1.807) is 0 Å². The molecule has 0 aliphatic heterocycles. The van der Waals surface area contributed by atoms with Crippen LogP contribution in [0.15, 0.2) is 12.4 Å². The topological polar surface area (TPSA) is 43.8 Å². The first-order valence-corrected chi connectivity index (χ1v) is 5.88. The molecular weight excluding hydrogens is 186 g/mol. The lowest BCUT2D eigenvalue weighted by molar-refractivity contribution is 0.244. The van der Waals surface area contributed by atoms with E-state index in [9.17, 15) is 0 Å². The van der Waals surface area contributed by atoms with Crippen molar-refractivity contribution in [2.45, 2.75) is 38.6 Å². The number of hydrogen-bond acceptors (Lipinski definition) is 2. The van der Waals surface area contributed by atoms with Gasteiger partial charge in [-0.25, -0.2) is 0 Å². The van der Waals surface area contributed by atoms with Gasteiger partial charge in [-0.1, -0.05) is 6.92 Å². The van der Waals surface area contributed by atoms with Crippen molar-refractivity contribution in [1.29, 1.82) is 0 Å². The summed E-state index contributed by atoms with van der Waals surface area (Å²) in [4.78, 5) is 0. The average molecular weight is 207 g/mol. The Balaban J connectivity index is 1.98. The zero-order chi connectivity index (χ0) is 10.8. The minimum Gasteiger partial charge on any atom is -0.327 e. The highest BCUT2D eigenvalue weighted by atomic mass is 15.2. The Morgan fingerprint density at radius 1 is 1.53 bits per heavy atom. The van der Waals surface area contributed by atoms with Crippen molar-refractivity contribution in [2.75, 3.05) is 0 Å². The highest BCUT2D eigenvalue weighted by Crippen LogP contribution is 2.30. The van der Waals surface area contributed by atoms with Crippen molar-refractivity contribution in [1.82, 2.24) is 9.78 Å². The molecule has 1 fully saturated rings. The van der Waals surface area contributed by atoms with Crippen LogP contribution in [0.25, 0.3) is 0 Å². The van der Waals surface area contributed by atoms with E-state index in [0.29, 0.717) is 12.0 Å². The summed E-state index contributed by atoms with van der Waals surface area (Å²) in [5.41, 5.74) is 7.49. The Kier molecular flexibility index (Phi) is 3.10. The Morgan fingerprint density at radius 2 is 2.33 bits per heavy atom. The lowest BCUT2D eigenvalue weighted by Gasteiger charge is -2.32. The smallest absolute Gasteiger partial charge is 0.0521 e. The first kappa shape index (κ1) is 10.7. The van der Waals surface area contributed by atoms with Gasteiger partial charge in [0.15, 0.2) is 0 Å². The molecule has 0 saturated heterocycles. The van der Waals surface area contributed by atoms with Crippen LogP contribution in [0.1, 0.15) is 31.7 Å². The second-order valence-corrected chi connectivity index (χ2v) is 5.07. The average Bonchev–Trinajstić information content (AvgIpc) is 2.58. The van der Waals surface area contributed by atoms with Gasteiger partial charge in [0.05, 0.1) is 6.20 Å². The van der Waals surface area contributed by atoms with Gasteiger partial charge in [-0.15, -0.1) is 0 Å². The number of nitrogens with two attached hydrogens (primary N) is 1. The standard InChI is InChI=1S/C12H21N3/c1-9-3-4-12(13)11(5-9)6-10-7-14-15(2)8-10/h7-9,11-12H,3-6,13H2,1-2H3. The molecule has 1 aromatic heterocycles. The van der Waals surface area contributed by atoms with Crippen LogP contribution >= 0.6 is 0 Å². The van der Waals surface area contributed by atoms with Gasteiger partial charge >= 0.3 is 0 Å². The fourth-order valence-electron chi connectivity index (χ4n) is 2.64. The summed E-state index contributed by atoms with van der Waals surface area (Å²) in [7, 11) is 1.97. The van der Waals surface area contributed by atoms with Gasteiger partial charge in [-0.05, 0) is 43.1 Å². The first-order chi connectivity index (χ1) is 7.15. The Morgan fingerprint density at radius 3 is 3.00 bits per heavy atom. The zero-order valence-electron chi connectivity index (χ0n) is 9.69. The third-order valence-corrected chi connectivity index (χ3v) is 3.56. The number of hydrogen-bond donors (Lipinski definition) is 1. The van der Waals surface area contributed by atoms with E-state index in [4.69, 9.17) is 5.73 Å². The molecular formula is C12H21N3. The van der Waals surface area contributed by atoms with Gasteiger partial charge in [-0.3, -0.25) is 4.68 Å². The van der Waals surface area contributed by atoms with E-state index in [1.807, 2.05) is 17.9 Å². The van der Waals surface area contributed by atoms with Gasteiger partial charge in [0.2, 0.25) is 0 Å². The third-order valence-electron chi connectivity index (χ3n) is 3.56. The number of rotatable bonds is 2. The molecule has 1 aliphatic rings. The second kappa shape index (κ2) is 4.35. The Hall–Kier alpha value is -0.830. The molecule has 0 radical (unpaired) electrons. The van der Waals surface area contributed by atoms with E-state index in [0.717, 1.165) is 12.3 Å². The summed E-state index contributed by atoms with van der Waals surface area (Å²) in [6.45, 7) is 2.34. The monoisotopic (exact) mass is 207 g/mol. The maximum Gasteiger partial charge on any atom is 0.0521 e. The predicted octanol–water partition coefficient (Wildman–Crippen LogP) is 1.73.